The van der Waals surface area contributed by atoms with Crippen LogP contribution in [0.3, 0.4) is 0 Å². The zero-order valence-corrected chi connectivity index (χ0v) is 11.4. The molecule has 2 aromatic rings. The average molecular weight is 266 g/mol. The van der Waals surface area contributed by atoms with Crippen LogP contribution >= 0.6 is 11.7 Å². The Labute approximate surface area is 111 Å². The van der Waals surface area contributed by atoms with Crippen molar-refractivity contribution < 1.29 is 0 Å². The standard InChI is InChI=1S/C11H18N6S/c1-3-8-5-9(17(4-2)15-8)6-10(14-12)11-7-13-18-16-11/h5,7,10,14H,3-4,6,12H2,1-2H3. The third kappa shape index (κ3) is 2.74. The van der Waals surface area contributed by atoms with Crippen molar-refractivity contribution in [1.82, 2.24) is 24.0 Å². The van der Waals surface area contributed by atoms with Crippen LogP contribution < -0.4 is 11.3 Å². The van der Waals surface area contributed by atoms with E-state index < -0.39 is 0 Å². The van der Waals surface area contributed by atoms with Crippen LogP contribution in [0.5, 0.6) is 0 Å². The van der Waals surface area contributed by atoms with Gasteiger partial charge in [-0.25, -0.2) is 0 Å². The second kappa shape index (κ2) is 6.03. The Bertz CT molecular complexity index is 478. The molecule has 0 bridgehead atoms. The lowest BCUT2D eigenvalue weighted by Crippen LogP contribution is -2.30. The maximum absolute atomic E-state index is 5.60. The van der Waals surface area contributed by atoms with Gasteiger partial charge in [-0.2, -0.15) is 13.8 Å². The quantitative estimate of drug-likeness (QED) is 0.603. The summed E-state index contributed by atoms with van der Waals surface area (Å²) in [5.41, 5.74) is 5.96. The number of aryl methyl sites for hydroxylation is 2. The van der Waals surface area contributed by atoms with E-state index in [1.165, 1.54) is 17.4 Å². The van der Waals surface area contributed by atoms with Crippen molar-refractivity contribution in [2.24, 2.45) is 5.84 Å². The van der Waals surface area contributed by atoms with E-state index >= 15 is 0 Å². The lowest BCUT2D eigenvalue weighted by atomic mass is 10.1. The molecule has 0 aliphatic rings. The maximum atomic E-state index is 5.60. The number of hydrogen-bond acceptors (Lipinski definition) is 6. The molecule has 0 amide bonds. The van der Waals surface area contributed by atoms with E-state index in [1.54, 1.807) is 6.20 Å². The predicted molar refractivity (Wildman–Crippen MR) is 71.0 cm³/mol. The van der Waals surface area contributed by atoms with Crippen molar-refractivity contribution in [1.29, 1.82) is 0 Å². The normalized spacial score (nSPS) is 12.8. The molecule has 6 nitrogen and oxygen atoms in total. The third-order valence-electron chi connectivity index (χ3n) is 2.93. The van der Waals surface area contributed by atoms with Crippen molar-refractivity contribution >= 4 is 11.7 Å². The fourth-order valence-electron chi connectivity index (χ4n) is 1.91. The Morgan fingerprint density at radius 3 is 2.89 bits per heavy atom. The molecule has 2 rings (SSSR count). The highest BCUT2D eigenvalue weighted by molar-refractivity contribution is 6.99. The third-order valence-corrected chi connectivity index (χ3v) is 3.42. The highest BCUT2D eigenvalue weighted by atomic mass is 32.1. The predicted octanol–water partition coefficient (Wildman–Crippen LogP) is 1.06. The zero-order chi connectivity index (χ0) is 13.0. The molecular formula is C11H18N6S. The maximum Gasteiger partial charge on any atom is 0.0929 e. The van der Waals surface area contributed by atoms with Gasteiger partial charge in [-0.05, 0) is 19.4 Å². The van der Waals surface area contributed by atoms with E-state index in [2.05, 4.69) is 39.2 Å². The van der Waals surface area contributed by atoms with Gasteiger partial charge < -0.3 is 0 Å². The summed E-state index contributed by atoms with van der Waals surface area (Å²) in [6, 6.07) is 2.11. The van der Waals surface area contributed by atoms with Crippen LogP contribution in [0.25, 0.3) is 0 Å². The number of hydrogen-bond donors (Lipinski definition) is 2. The van der Waals surface area contributed by atoms with Gasteiger partial charge in [-0.15, -0.1) is 0 Å². The summed E-state index contributed by atoms with van der Waals surface area (Å²) in [6.07, 6.45) is 3.46. The topological polar surface area (TPSA) is 81.6 Å². The van der Waals surface area contributed by atoms with Gasteiger partial charge in [-0.3, -0.25) is 16.0 Å². The molecule has 0 aliphatic carbocycles. The lowest BCUT2D eigenvalue weighted by Gasteiger charge is -2.13. The largest absolute Gasteiger partial charge is 0.271 e. The smallest absolute Gasteiger partial charge is 0.0929 e. The van der Waals surface area contributed by atoms with Gasteiger partial charge in [0.25, 0.3) is 0 Å². The van der Waals surface area contributed by atoms with Gasteiger partial charge in [-0.1, -0.05) is 6.92 Å². The summed E-state index contributed by atoms with van der Waals surface area (Å²) in [4.78, 5) is 0. The van der Waals surface area contributed by atoms with Crippen molar-refractivity contribution in [2.45, 2.75) is 39.3 Å². The fourth-order valence-corrected chi connectivity index (χ4v) is 2.38. The summed E-state index contributed by atoms with van der Waals surface area (Å²) in [7, 11) is 0. The molecular weight excluding hydrogens is 248 g/mol. The molecule has 2 heterocycles. The molecule has 7 heteroatoms. The first kappa shape index (κ1) is 13.1. The Balaban J connectivity index is 2.19. The summed E-state index contributed by atoms with van der Waals surface area (Å²) in [6.45, 7) is 5.06. The van der Waals surface area contributed by atoms with E-state index in [4.69, 9.17) is 5.84 Å². The van der Waals surface area contributed by atoms with Crippen molar-refractivity contribution in [2.75, 3.05) is 0 Å². The van der Waals surface area contributed by atoms with Crippen LogP contribution in [0.1, 0.15) is 37.0 Å². The Morgan fingerprint density at radius 2 is 2.33 bits per heavy atom. The van der Waals surface area contributed by atoms with Gasteiger partial charge in [0.05, 0.1) is 35.4 Å². The van der Waals surface area contributed by atoms with Gasteiger partial charge in [0, 0.05) is 18.7 Å². The molecule has 0 saturated carbocycles. The molecule has 2 aromatic heterocycles. The monoisotopic (exact) mass is 266 g/mol. The van der Waals surface area contributed by atoms with E-state index in [0.717, 1.165) is 30.8 Å². The van der Waals surface area contributed by atoms with E-state index in [-0.39, 0.29) is 6.04 Å². The molecule has 0 radical (unpaired) electrons. The van der Waals surface area contributed by atoms with Gasteiger partial charge in [0.15, 0.2) is 0 Å². The molecule has 98 valence electrons. The minimum atomic E-state index is -0.0181. The van der Waals surface area contributed by atoms with Crippen LogP contribution in [0, 0.1) is 0 Å². The van der Waals surface area contributed by atoms with Crippen LogP contribution in [0.15, 0.2) is 12.3 Å². The summed E-state index contributed by atoms with van der Waals surface area (Å²) in [5, 5.41) is 4.53. The van der Waals surface area contributed by atoms with E-state index in [1.807, 2.05) is 4.68 Å². The van der Waals surface area contributed by atoms with Gasteiger partial charge in [0.2, 0.25) is 0 Å². The SMILES string of the molecule is CCc1cc(CC(NN)c2cnsn2)n(CC)n1. The first-order valence-corrected chi connectivity index (χ1v) is 6.80. The number of aromatic nitrogens is 4. The minimum Gasteiger partial charge on any atom is -0.271 e. The second-order valence-electron chi connectivity index (χ2n) is 4.05. The molecule has 0 aliphatic heterocycles. The second-order valence-corrected chi connectivity index (χ2v) is 4.61. The molecule has 1 unspecified atom stereocenters. The molecule has 0 fully saturated rings. The summed E-state index contributed by atoms with van der Waals surface area (Å²) in [5.74, 6) is 5.60. The molecule has 0 aromatic carbocycles. The minimum absolute atomic E-state index is 0.0181. The highest BCUT2D eigenvalue weighted by Crippen LogP contribution is 2.17. The van der Waals surface area contributed by atoms with Gasteiger partial charge in [0.1, 0.15) is 0 Å². The number of nitrogens with one attached hydrogen (secondary N) is 1. The summed E-state index contributed by atoms with van der Waals surface area (Å²) < 4.78 is 10.3. The molecule has 0 saturated heterocycles. The lowest BCUT2D eigenvalue weighted by molar-refractivity contribution is 0.509. The van der Waals surface area contributed by atoms with Crippen LogP contribution in [0.4, 0.5) is 0 Å². The van der Waals surface area contributed by atoms with Gasteiger partial charge >= 0.3 is 0 Å². The molecule has 0 spiro atoms. The highest BCUT2D eigenvalue weighted by Gasteiger charge is 2.16. The van der Waals surface area contributed by atoms with Crippen LogP contribution in [0.2, 0.25) is 0 Å². The average Bonchev–Trinajstić information content (AvgIpc) is 3.04. The van der Waals surface area contributed by atoms with E-state index in [9.17, 15) is 0 Å². The molecule has 1 atom stereocenters. The van der Waals surface area contributed by atoms with Crippen LogP contribution in [-0.2, 0) is 19.4 Å². The fraction of sp³-hybridized carbons (Fsp3) is 0.545. The Hall–Kier alpha value is -1.31. The van der Waals surface area contributed by atoms with Crippen LogP contribution in [-0.4, -0.2) is 18.5 Å². The number of nitrogens with two attached hydrogens (primary N) is 1. The Morgan fingerprint density at radius 1 is 1.50 bits per heavy atom. The number of rotatable bonds is 6. The molecule has 3 N–H and O–H groups in total. The van der Waals surface area contributed by atoms with Crippen molar-refractivity contribution in [3.63, 3.8) is 0 Å². The number of nitrogens with zero attached hydrogens (tertiary/aromatic N) is 4. The zero-order valence-electron chi connectivity index (χ0n) is 10.6. The summed E-state index contributed by atoms with van der Waals surface area (Å²) >= 11 is 1.20. The first-order chi connectivity index (χ1) is 8.78. The first-order valence-electron chi connectivity index (χ1n) is 6.07. The molecule has 18 heavy (non-hydrogen) atoms. The van der Waals surface area contributed by atoms with Crippen molar-refractivity contribution in [3.05, 3.63) is 29.3 Å². The van der Waals surface area contributed by atoms with E-state index in [0.29, 0.717) is 0 Å². The van der Waals surface area contributed by atoms with Crippen molar-refractivity contribution in [3.8, 4) is 0 Å². The number of hydrazine groups is 1. The Kier molecular flexibility index (Phi) is 4.40.